The van der Waals surface area contributed by atoms with Crippen LogP contribution in [0.5, 0.6) is 0 Å². The lowest BCUT2D eigenvalue weighted by Crippen LogP contribution is -2.43. The van der Waals surface area contributed by atoms with Crippen LogP contribution < -0.4 is 10.6 Å². The van der Waals surface area contributed by atoms with Crippen LogP contribution in [0.15, 0.2) is 12.3 Å². The van der Waals surface area contributed by atoms with Crippen LogP contribution in [0.2, 0.25) is 0 Å². The molecule has 0 saturated carbocycles. The SMILES string of the molecule is CC(C)c1nccc(N2CCC([C@H](O)C(N)=O)CC2)n1. The minimum Gasteiger partial charge on any atom is -0.383 e. The summed E-state index contributed by atoms with van der Waals surface area (Å²) in [5.41, 5.74) is 5.14. The Balaban J connectivity index is 2.00. The highest BCUT2D eigenvalue weighted by molar-refractivity contribution is 5.78. The number of piperidine rings is 1. The summed E-state index contributed by atoms with van der Waals surface area (Å²) in [5, 5.41) is 9.71. The number of hydrogen-bond acceptors (Lipinski definition) is 5. The van der Waals surface area contributed by atoms with Gasteiger partial charge in [0, 0.05) is 25.2 Å². The Kier molecular flexibility index (Phi) is 4.54. The van der Waals surface area contributed by atoms with E-state index in [2.05, 4.69) is 28.7 Å². The van der Waals surface area contributed by atoms with Crippen molar-refractivity contribution in [3.63, 3.8) is 0 Å². The summed E-state index contributed by atoms with van der Waals surface area (Å²) >= 11 is 0. The molecule has 6 heteroatoms. The maximum atomic E-state index is 11.0. The van der Waals surface area contributed by atoms with Crippen LogP contribution in [-0.2, 0) is 4.79 Å². The number of anilines is 1. The van der Waals surface area contributed by atoms with Crippen molar-refractivity contribution < 1.29 is 9.90 Å². The number of nitrogens with two attached hydrogens (primary N) is 1. The Morgan fingerprint density at radius 2 is 2.10 bits per heavy atom. The molecule has 1 amide bonds. The second-order valence-electron chi connectivity index (χ2n) is 5.60. The van der Waals surface area contributed by atoms with Gasteiger partial charge in [0.2, 0.25) is 5.91 Å². The summed E-state index contributed by atoms with van der Waals surface area (Å²) in [4.78, 5) is 22.0. The minimum atomic E-state index is -1.03. The van der Waals surface area contributed by atoms with Gasteiger partial charge in [-0.2, -0.15) is 0 Å². The van der Waals surface area contributed by atoms with Gasteiger partial charge < -0.3 is 15.7 Å². The molecule has 0 spiro atoms. The second kappa shape index (κ2) is 6.17. The van der Waals surface area contributed by atoms with Gasteiger partial charge in [-0.15, -0.1) is 0 Å². The molecule has 6 nitrogen and oxygen atoms in total. The number of nitrogens with zero attached hydrogens (tertiary/aromatic N) is 3. The summed E-state index contributed by atoms with van der Waals surface area (Å²) < 4.78 is 0. The minimum absolute atomic E-state index is 0.0462. The van der Waals surface area contributed by atoms with E-state index in [9.17, 15) is 9.90 Å². The fraction of sp³-hybridized carbons (Fsp3) is 0.643. The van der Waals surface area contributed by atoms with Crippen LogP contribution in [0, 0.1) is 5.92 Å². The van der Waals surface area contributed by atoms with E-state index < -0.39 is 12.0 Å². The lowest BCUT2D eigenvalue weighted by atomic mass is 9.91. The first-order valence-electron chi connectivity index (χ1n) is 7.04. The fourth-order valence-corrected chi connectivity index (χ4v) is 2.49. The monoisotopic (exact) mass is 278 g/mol. The molecular formula is C14H22N4O2. The number of aliphatic hydroxyl groups excluding tert-OH is 1. The number of rotatable bonds is 4. The van der Waals surface area contributed by atoms with Gasteiger partial charge >= 0.3 is 0 Å². The average molecular weight is 278 g/mol. The number of hydrogen-bond donors (Lipinski definition) is 2. The van der Waals surface area contributed by atoms with Crippen molar-refractivity contribution in [3.05, 3.63) is 18.1 Å². The van der Waals surface area contributed by atoms with Crippen LogP contribution in [0.3, 0.4) is 0 Å². The Hall–Kier alpha value is -1.69. The molecule has 1 atom stereocenters. The number of carbonyl (C=O) groups is 1. The summed E-state index contributed by atoms with van der Waals surface area (Å²) in [7, 11) is 0. The Morgan fingerprint density at radius 1 is 1.45 bits per heavy atom. The van der Waals surface area contributed by atoms with Crippen LogP contribution in [-0.4, -0.2) is 40.2 Å². The van der Waals surface area contributed by atoms with E-state index >= 15 is 0 Å². The molecule has 0 radical (unpaired) electrons. The van der Waals surface area contributed by atoms with E-state index in [4.69, 9.17) is 5.73 Å². The maximum Gasteiger partial charge on any atom is 0.246 e. The summed E-state index contributed by atoms with van der Waals surface area (Å²) in [6.07, 6.45) is 2.23. The molecule has 110 valence electrons. The first kappa shape index (κ1) is 14.7. The Bertz CT molecular complexity index is 470. The fourth-order valence-electron chi connectivity index (χ4n) is 2.49. The molecule has 0 aliphatic carbocycles. The third-order valence-corrected chi connectivity index (χ3v) is 3.78. The highest BCUT2D eigenvalue weighted by Crippen LogP contribution is 2.24. The van der Waals surface area contributed by atoms with Crippen molar-refractivity contribution in [2.45, 2.75) is 38.7 Å². The number of amides is 1. The molecule has 1 aliphatic rings. The van der Waals surface area contributed by atoms with Crippen LogP contribution in [0.25, 0.3) is 0 Å². The zero-order chi connectivity index (χ0) is 14.7. The molecule has 2 heterocycles. The summed E-state index contributed by atoms with van der Waals surface area (Å²) in [6.45, 7) is 5.66. The zero-order valence-electron chi connectivity index (χ0n) is 12.0. The van der Waals surface area contributed by atoms with E-state index in [0.717, 1.165) is 37.6 Å². The quantitative estimate of drug-likeness (QED) is 0.844. The van der Waals surface area contributed by atoms with Crippen molar-refractivity contribution in [3.8, 4) is 0 Å². The lowest BCUT2D eigenvalue weighted by Gasteiger charge is -2.34. The predicted molar refractivity (Wildman–Crippen MR) is 76.3 cm³/mol. The smallest absolute Gasteiger partial charge is 0.246 e. The average Bonchev–Trinajstić information content (AvgIpc) is 2.46. The Morgan fingerprint density at radius 3 is 2.65 bits per heavy atom. The molecular weight excluding hydrogens is 256 g/mol. The van der Waals surface area contributed by atoms with Crippen LogP contribution >= 0.6 is 0 Å². The van der Waals surface area contributed by atoms with Gasteiger partial charge in [0.25, 0.3) is 0 Å². The van der Waals surface area contributed by atoms with Crippen molar-refractivity contribution in [1.82, 2.24) is 9.97 Å². The van der Waals surface area contributed by atoms with E-state index in [-0.39, 0.29) is 5.92 Å². The molecule has 0 aromatic carbocycles. The van der Waals surface area contributed by atoms with E-state index in [1.54, 1.807) is 6.20 Å². The third kappa shape index (κ3) is 3.25. The Labute approximate surface area is 119 Å². The third-order valence-electron chi connectivity index (χ3n) is 3.78. The van der Waals surface area contributed by atoms with Crippen LogP contribution in [0.4, 0.5) is 5.82 Å². The summed E-state index contributed by atoms with van der Waals surface area (Å²) in [5.74, 6) is 1.37. The molecule has 1 aliphatic heterocycles. The van der Waals surface area contributed by atoms with Crippen LogP contribution in [0.1, 0.15) is 38.4 Å². The van der Waals surface area contributed by atoms with Gasteiger partial charge in [0.1, 0.15) is 17.7 Å². The van der Waals surface area contributed by atoms with Gasteiger partial charge in [0.15, 0.2) is 0 Å². The first-order chi connectivity index (χ1) is 9.49. The van der Waals surface area contributed by atoms with Crippen molar-refractivity contribution in [1.29, 1.82) is 0 Å². The first-order valence-corrected chi connectivity index (χ1v) is 7.04. The van der Waals surface area contributed by atoms with E-state index in [1.807, 2.05) is 6.07 Å². The number of primary amides is 1. The topological polar surface area (TPSA) is 92.3 Å². The van der Waals surface area contributed by atoms with Gasteiger partial charge in [-0.25, -0.2) is 9.97 Å². The molecule has 1 aromatic rings. The van der Waals surface area contributed by atoms with Gasteiger partial charge in [-0.3, -0.25) is 4.79 Å². The highest BCUT2D eigenvalue weighted by Gasteiger charge is 2.28. The van der Waals surface area contributed by atoms with Crippen molar-refractivity contribution >= 4 is 11.7 Å². The number of aliphatic hydroxyl groups is 1. The molecule has 1 saturated heterocycles. The standard InChI is InChI=1S/C14H22N4O2/c1-9(2)14-16-6-3-11(17-14)18-7-4-10(5-8-18)12(19)13(15)20/h3,6,9-10,12,19H,4-5,7-8H2,1-2H3,(H2,15,20)/t12-/m0/s1. The normalized spacial score (nSPS) is 18.3. The van der Waals surface area contributed by atoms with Gasteiger partial charge in [-0.1, -0.05) is 13.8 Å². The maximum absolute atomic E-state index is 11.0. The zero-order valence-corrected chi connectivity index (χ0v) is 12.0. The summed E-state index contributed by atoms with van der Waals surface area (Å²) in [6, 6.07) is 1.90. The molecule has 20 heavy (non-hydrogen) atoms. The molecule has 1 aromatic heterocycles. The number of aromatic nitrogens is 2. The van der Waals surface area contributed by atoms with Crippen molar-refractivity contribution in [2.24, 2.45) is 11.7 Å². The largest absolute Gasteiger partial charge is 0.383 e. The van der Waals surface area contributed by atoms with Crippen molar-refractivity contribution in [2.75, 3.05) is 18.0 Å². The predicted octanol–water partition coefficient (Wildman–Crippen LogP) is 0.663. The van der Waals surface area contributed by atoms with E-state index in [1.165, 1.54) is 0 Å². The number of carbonyl (C=O) groups excluding carboxylic acids is 1. The molecule has 0 bridgehead atoms. The highest BCUT2D eigenvalue weighted by atomic mass is 16.3. The van der Waals surface area contributed by atoms with E-state index in [0.29, 0.717) is 5.92 Å². The van der Waals surface area contributed by atoms with Gasteiger partial charge in [0.05, 0.1) is 0 Å². The molecule has 0 unspecified atom stereocenters. The van der Waals surface area contributed by atoms with Gasteiger partial charge in [-0.05, 0) is 24.8 Å². The molecule has 2 rings (SSSR count). The lowest BCUT2D eigenvalue weighted by molar-refractivity contribution is -0.129. The molecule has 1 fully saturated rings. The second-order valence-corrected chi connectivity index (χ2v) is 5.60. The molecule has 3 N–H and O–H groups in total.